The summed E-state index contributed by atoms with van der Waals surface area (Å²) in [5.74, 6) is -0.798. The van der Waals surface area contributed by atoms with Crippen LogP contribution in [0.25, 0.3) is 10.9 Å². The summed E-state index contributed by atoms with van der Waals surface area (Å²) >= 11 is 9.17. The van der Waals surface area contributed by atoms with E-state index >= 15 is 0 Å². The van der Waals surface area contributed by atoms with E-state index in [1.807, 2.05) is 12.1 Å². The molecule has 0 bridgehead atoms. The summed E-state index contributed by atoms with van der Waals surface area (Å²) < 4.78 is 13.6. The highest BCUT2D eigenvalue weighted by atomic mass is 79.9. The molecule has 1 heterocycles. The van der Waals surface area contributed by atoms with Gasteiger partial charge in [-0.15, -0.1) is 0 Å². The molecule has 0 saturated carbocycles. The van der Waals surface area contributed by atoms with E-state index < -0.39 is 5.82 Å². The molecule has 2 aromatic carbocycles. The fourth-order valence-corrected chi connectivity index (χ4v) is 3.02. The Hall–Kier alpha value is -1.85. The van der Waals surface area contributed by atoms with Crippen molar-refractivity contribution in [3.05, 3.63) is 63.5 Å². The Balaban J connectivity index is 1.99. The van der Waals surface area contributed by atoms with Crippen LogP contribution in [-0.4, -0.2) is 10.9 Å². The van der Waals surface area contributed by atoms with Crippen LogP contribution in [-0.2, 0) is 0 Å². The van der Waals surface area contributed by atoms with Crippen LogP contribution in [0.1, 0.15) is 10.4 Å². The highest BCUT2D eigenvalue weighted by Gasteiger charge is 2.15. The molecule has 0 fully saturated rings. The normalized spacial score (nSPS) is 10.8. The molecule has 0 unspecified atom stereocenters. The lowest BCUT2D eigenvalue weighted by atomic mass is 10.1. The SMILES string of the molecule is O=C(Nc1c(Cl)cc(F)cc1Br)c1cccc2cc[nH]c12. The van der Waals surface area contributed by atoms with E-state index in [2.05, 4.69) is 26.2 Å². The van der Waals surface area contributed by atoms with Crippen molar-refractivity contribution in [2.45, 2.75) is 0 Å². The minimum atomic E-state index is -0.476. The number of para-hydroxylation sites is 1. The van der Waals surface area contributed by atoms with Gasteiger partial charge in [0, 0.05) is 16.1 Å². The van der Waals surface area contributed by atoms with Crippen LogP contribution in [0.15, 0.2) is 47.1 Å². The number of rotatable bonds is 2. The second kappa shape index (κ2) is 5.50. The largest absolute Gasteiger partial charge is 0.361 e. The fraction of sp³-hybridized carbons (Fsp3) is 0. The van der Waals surface area contributed by atoms with E-state index in [9.17, 15) is 9.18 Å². The minimum Gasteiger partial charge on any atom is -0.361 e. The zero-order valence-electron chi connectivity index (χ0n) is 10.6. The molecule has 3 rings (SSSR count). The van der Waals surface area contributed by atoms with Crippen molar-refractivity contribution in [1.82, 2.24) is 4.98 Å². The number of nitrogens with one attached hydrogen (secondary N) is 2. The second-order valence-corrected chi connectivity index (χ2v) is 5.71. The number of aromatic nitrogens is 1. The molecule has 0 atom stereocenters. The van der Waals surface area contributed by atoms with Crippen molar-refractivity contribution in [2.24, 2.45) is 0 Å². The van der Waals surface area contributed by atoms with Gasteiger partial charge in [0.2, 0.25) is 0 Å². The minimum absolute atomic E-state index is 0.133. The molecule has 1 aromatic heterocycles. The van der Waals surface area contributed by atoms with Gasteiger partial charge in [-0.3, -0.25) is 4.79 Å². The molecular weight excluding hydrogens is 359 g/mol. The molecule has 0 saturated heterocycles. The standard InChI is InChI=1S/C15H9BrClFN2O/c16-11-6-9(18)7-12(17)14(11)20-15(21)10-3-1-2-8-4-5-19-13(8)10/h1-7,19H,(H,20,21). The summed E-state index contributed by atoms with van der Waals surface area (Å²) in [6.45, 7) is 0. The van der Waals surface area contributed by atoms with E-state index in [-0.39, 0.29) is 10.9 Å². The summed E-state index contributed by atoms with van der Waals surface area (Å²) in [5.41, 5.74) is 1.57. The number of carbonyl (C=O) groups is 1. The molecule has 3 aromatic rings. The maximum absolute atomic E-state index is 13.2. The molecule has 2 N–H and O–H groups in total. The number of fused-ring (bicyclic) bond motifs is 1. The summed E-state index contributed by atoms with van der Waals surface area (Å²) in [4.78, 5) is 15.4. The molecular formula is C15H9BrClFN2O. The number of aromatic amines is 1. The predicted molar refractivity (Wildman–Crippen MR) is 85.4 cm³/mol. The zero-order chi connectivity index (χ0) is 15.0. The number of hydrogen-bond acceptors (Lipinski definition) is 1. The molecule has 6 heteroatoms. The van der Waals surface area contributed by atoms with Crippen molar-refractivity contribution in [1.29, 1.82) is 0 Å². The molecule has 0 aliphatic rings. The first-order valence-electron chi connectivity index (χ1n) is 6.08. The number of anilines is 1. The van der Waals surface area contributed by atoms with Gasteiger partial charge in [0.15, 0.2) is 0 Å². The van der Waals surface area contributed by atoms with E-state index in [1.165, 1.54) is 6.07 Å². The lowest BCUT2D eigenvalue weighted by molar-refractivity contribution is 0.102. The lowest BCUT2D eigenvalue weighted by Gasteiger charge is -2.10. The van der Waals surface area contributed by atoms with Crippen molar-refractivity contribution in [2.75, 3.05) is 5.32 Å². The third kappa shape index (κ3) is 2.66. The topological polar surface area (TPSA) is 44.9 Å². The smallest absolute Gasteiger partial charge is 0.257 e. The summed E-state index contributed by atoms with van der Waals surface area (Å²) in [5, 5.41) is 3.77. The Morgan fingerprint density at radius 1 is 1.29 bits per heavy atom. The average molecular weight is 368 g/mol. The van der Waals surface area contributed by atoms with Crippen molar-refractivity contribution >= 4 is 50.0 Å². The van der Waals surface area contributed by atoms with Gasteiger partial charge in [0.25, 0.3) is 5.91 Å². The fourth-order valence-electron chi connectivity index (χ4n) is 2.12. The summed E-state index contributed by atoms with van der Waals surface area (Å²) in [6, 6.07) is 9.69. The highest BCUT2D eigenvalue weighted by molar-refractivity contribution is 9.10. The van der Waals surface area contributed by atoms with Gasteiger partial charge in [0.1, 0.15) is 5.82 Å². The lowest BCUT2D eigenvalue weighted by Crippen LogP contribution is -2.13. The Morgan fingerprint density at radius 2 is 2.10 bits per heavy atom. The Bertz CT molecular complexity index is 824. The molecule has 106 valence electrons. The van der Waals surface area contributed by atoms with Crippen LogP contribution in [0.2, 0.25) is 5.02 Å². The first-order chi connectivity index (χ1) is 10.1. The molecule has 21 heavy (non-hydrogen) atoms. The van der Waals surface area contributed by atoms with E-state index in [0.29, 0.717) is 15.7 Å². The number of H-pyrrole nitrogens is 1. The molecule has 3 nitrogen and oxygen atoms in total. The third-order valence-electron chi connectivity index (χ3n) is 3.08. The molecule has 0 spiro atoms. The van der Waals surface area contributed by atoms with Gasteiger partial charge in [-0.05, 0) is 40.2 Å². The summed E-state index contributed by atoms with van der Waals surface area (Å²) in [6.07, 6.45) is 1.77. The molecule has 0 radical (unpaired) electrons. The summed E-state index contributed by atoms with van der Waals surface area (Å²) in [7, 11) is 0. The van der Waals surface area contributed by atoms with Crippen molar-refractivity contribution in [3.63, 3.8) is 0 Å². The number of amides is 1. The van der Waals surface area contributed by atoms with Crippen LogP contribution in [0.4, 0.5) is 10.1 Å². The van der Waals surface area contributed by atoms with E-state index in [4.69, 9.17) is 11.6 Å². The van der Waals surface area contributed by atoms with E-state index in [1.54, 1.807) is 18.3 Å². The number of benzene rings is 2. The molecule has 0 aliphatic carbocycles. The van der Waals surface area contributed by atoms with Crippen LogP contribution in [0.3, 0.4) is 0 Å². The molecule has 1 amide bonds. The average Bonchev–Trinajstić information content (AvgIpc) is 2.90. The van der Waals surface area contributed by atoms with Crippen molar-refractivity contribution < 1.29 is 9.18 Å². The van der Waals surface area contributed by atoms with Crippen LogP contribution >= 0.6 is 27.5 Å². The third-order valence-corrected chi connectivity index (χ3v) is 4.00. The van der Waals surface area contributed by atoms with Gasteiger partial charge in [0.05, 0.1) is 21.8 Å². The van der Waals surface area contributed by atoms with Crippen LogP contribution < -0.4 is 5.32 Å². The number of hydrogen-bond donors (Lipinski definition) is 2. The van der Waals surface area contributed by atoms with Gasteiger partial charge in [-0.2, -0.15) is 0 Å². The van der Waals surface area contributed by atoms with Crippen molar-refractivity contribution in [3.8, 4) is 0 Å². The Morgan fingerprint density at radius 3 is 2.86 bits per heavy atom. The number of carbonyl (C=O) groups excluding carboxylic acids is 1. The quantitative estimate of drug-likeness (QED) is 0.659. The van der Waals surface area contributed by atoms with Crippen LogP contribution in [0, 0.1) is 5.82 Å². The van der Waals surface area contributed by atoms with E-state index in [0.717, 1.165) is 17.0 Å². The Labute approximate surface area is 133 Å². The first-order valence-corrected chi connectivity index (χ1v) is 7.25. The van der Waals surface area contributed by atoms with Gasteiger partial charge < -0.3 is 10.3 Å². The highest BCUT2D eigenvalue weighted by Crippen LogP contribution is 2.32. The second-order valence-electron chi connectivity index (χ2n) is 4.45. The predicted octanol–water partition coefficient (Wildman–Crippen LogP) is 4.98. The van der Waals surface area contributed by atoms with Gasteiger partial charge in [-0.25, -0.2) is 4.39 Å². The molecule has 0 aliphatic heterocycles. The monoisotopic (exact) mass is 366 g/mol. The zero-order valence-corrected chi connectivity index (χ0v) is 12.9. The van der Waals surface area contributed by atoms with Gasteiger partial charge >= 0.3 is 0 Å². The maximum Gasteiger partial charge on any atom is 0.257 e. The van der Waals surface area contributed by atoms with Gasteiger partial charge in [-0.1, -0.05) is 23.7 Å². The Kier molecular flexibility index (Phi) is 3.69. The number of halogens is 3. The van der Waals surface area contributed by atoms with Crippen LogP contribution in [0.5, 0.6) is 0 Å². The maximum atomic E-state index is 13.2. The first kappa shape index (κ1) is 14.1.